The summed E-state index contributed by atoms with van der Waals surface area (Å²) in [7, 11) is -2.60. The van der Waals surface area contributed by atoms with E-state index in [2.05, 4.69) is 5.32 Å². The van der Waals surface area contributed by atoms with Gasteiger partial charge >= 0.3 is 5.97 Å². The first-order chi connectivity index (χ1) is 11.7. The third kappa shape index (κ3) is 2.83. The highest BCUT2D eigenvalue weighted by Crippen LogP contribution is 2.39. The van der Waals surface area contributed by atoms with Crippen molar-refractivity contribution >= 4 is 27.6 Å². The third-order valence-corrected chi connectivity index (χ3v) is 6.92. The van der Waals surface area contributed by atoms with Gasteiger partial charge in [-0.1, -0.05) is 0 Å². The number of esters is 1. The van der Waals surface area contributed by atoms with Crippen molar-refractivity contribution in [3.63, 3.8) is 0 Å². The Morgan fingerprint density at radius 3 is 2.72 bits per heavy atom. The number of nitrogens with zero attached hydrogens (tertiary/aromatic N) is 1. The molecule has 0 aromatic heterocycles. The molecule has 8 heteroatoms. The van der Waals surface area contributed by atoms with Gasteiger partial charge in [0.2, 0.25) is 15.9 Å². The minimum Gasteiger partial charge on any atom is -0.468 e. The number of carbonyl (C=O) groups is 2. The number of anilines is 1. The van der Waals surface area contributed by atoms with Crippen molar-refractivity contribution in [3.8, 4) is 0 Å². The minimum absolute atomic E-state index is 0.0895. The number of fused-ring (bicyclic) bond motifs is 1. The molecule has 3 rings (SSSR count). The van der Waals surface area contributed by atoms with E-state index in [0.717, 1.165) is 6.42 Å². The molecule has 1 aromatic rings. The van der Waals surface area contributed by atoms with Crippen LogP contribution in [0.3, 0.4) is 0 Å². The number of nitrogens with one attached hydrogen (secondary N) is 1. The van der Waals surface area contributed by atoms with Crippen molar-refractivity contribution in [3.05, 3.63) is 23.8 Å². The van der Waals surface area contributed by atoms with Gasteiger partial charge in [0.15, 0.2) is 0 Å². The van der Waals surface area contributed by atoms with Gasteiger partial charge in [-0.05, 0) is 56.9 Å². The van der Waals surface area contributed by atoms with Gasteiger partial charge in [-0.15, -0.1) is 0 Å². The van der Waals surface area contributed by atoms with Crippen molar-refractivity contribution in [2.24, 2.45) is 0 Å². The maximum atomic E-state index is 13.1. The van der Waals surface area contributed by atoms with Gasteiger partial charge in [-0.3, -0.25) is 9.59 Å². The van der Waals surface area contributed by atoms with E-state index >= 15 is 0 Å². The summed E-state index contributed by atoms with van der Waals surface area (Å²) in [6, 6.07) is 3.81. The van der Waals surface area contributed by atoms with E-state index in [0.29, 0.717) is 24.1 Å². The number of methoxy groups -OCH3 is 1. The SMILES string of the molecule is COC(=O)[C@@H]1CCCCN1S(=O)(=O)c1ccc2c(c1)C(C)(C)C(=O)N2. The maximum absolute atomic E-state index is 13.1. The van der Waals surface area contributed by atoms with Crippen LogP contribution < -0.4 is 5.32 Å². The number of hydrogen-bond donors (Lipinski definition) is 1. The van der Waals surface area contributed by atoms with E-state index in [4.69, 9.17) is 4.74 Å². The lowest BCUT2D eigenvalue weighted by Gasteiger charge is -2.32. The normalized spacial score (nSPS) is 23.0. The van der Waals surface area contributed by atoms with Crippen molar-refractivity contribution in [2.75, 3.05) is 19.0 Å². The predicted octanol–water partition coefficient (Wildman–Crippen LogP) is 1.63. The van der Waals surface area contributed by atoms with E-state index in [-0.39, 0.29) is 17.3 Å². The molecule has 0 aliphatic carbocycles. The number of piperidine rings is 1. The lowest BCUT2D eigenvalue weighted by molar-refractivity contribution is -0.146. The van der Waals surface area contributed by atoms with Crippen LogP contribution in [0, 0.1) is 0 Å². The highest BCUT2D eigenvalue weighted by atomic mass is 32.2. The van der Waals surface area contributed by atoms with Crippen LogP contribution in [0.1, 0.15) is 38.7 Å². The molecule has 0 unspecified atom stereocenters. The zero-order valence-corrected chi connectivity index (χ0v) is 15.4. The van der Waals surface area contributed by atoms with E-state index in [1.807, 2.05) is 0 Å². The van der Waals surface area contributed by atoms with Gasteiger partial charge in [0.25, 0.3) is 0 Å². The Morgan fingerprint density at radius 2 is 2.04 bits per heavy atom. The van der Waals surface area contributed by atoms with Crippen LogP contribution in [-0.4, -0.2) is 44.3 Å². The molecule has 1 fully saturated rings. The molecule has 1 saturated heterocycles. The zero-order chi connectivity index (χ0) is 18.4. The topological polar surface area (TPSA) is 92.8 Å². The highest BCUT2D eigenvalue weighted by Gasteiger charge is 2.42. The average molecular weight is 366 g/mol. The van der Waals surface area contributed by atoms with Gasteiger partial charge < -0.3 is 10.1 Å². The van der Waals surface area contributed by atoms with Crippen LogP contribution in [0.2, 0.25) is 0 Å². The van der Waals surface area contributed by atoms with Crippen molar-refractivity contribution in [1.29, 1.82) is 0 Å². The molecule has 136 valence electrons. The van der Waals surface area contributed by atoms with E-state index in [1.165, 1.54) is 23.5 Å². The molecule has 0 spiro atoms. The molecule has 2 aliphatic heterocycles. The minimum atomic E-state index is -3.86. The summed E-state index contributed by atoms with van der Waals surface area (Å²) in [5.74, 6) is -0.705. The molecule has 25 heavy (non-hydrogen) atoms. The first-order valence-electron chi connectivity index (χ1n) is 8.25. The first-order valence-corrected chi connectivity index (χ1v) is 9.69. The third-order valence-electron chi connectivity index (χ3n) is 5.01. The second kappa shape index (κ2) is 6.10. The number of benzene rings is 1. The van der Waals surface area contributed by atoms with Crippen molar-refractivity contribution in [2.45, 2.75) is 49.5 Å². The van der Waals surface area contributed by atoms with Gasteiger partial charge in [0.1, 0.15) is 6.04 Å². The largest absolute Gasteiger partial charge is 0.468 e. The molecular weight excluding hydrogens is 344 g/mol. The predicted molar refractivity (Wildman–Crippen MR) is 91.6 cm³/mol. The Kier molecular flexibility index (Phi) is 4.36. The Bertz CT molecular complexity index is 831. The quantitative estimate of drug-likeness (QED) is 0.821. The fourth-order valence-electron chi connectivity index (χ4n) is 3.41. The van der Waals surface area contributed by atoms with Crippen LogP contribution in [0.15, 0.2) is 23.1 Å². The second-order valence-electron chi connectivity index (χ2n) is 6.94. The molecule has 0 saturated carbocycles. The van der Waals surface area contributed by atoms with Gasteiger partial charge in [-0.2, -0.15) is 4.31 Å². The van der Waals surface area contributed by atoms with E-state index in [9.17, 15) is 18.0 Å². The lowest BCUT2D eigenvalue weighted by atomic mass is 9.86. The van der Waals surface area contributed by atoms with Crippen LogP contribution >= 0.6 is 0 Å². The standard InChI is InChI=1S/C17H22N2O5S/c1-17(2)12-10-11(7-8-13(12)18-16(17)21)25(22,23)19-9-5-4-6-14(19)15(20)24-3/h7-8,10,14H,4-6,9H2,1-3H3,(H,18,21)/t14-/m0/s1. The zero-order valence-electron chi connectivity index (χ0n) is 14.5. The maximum Gasteiger partial charge on any atom is 0.324 e. The van der Waals surface area contributed by atoms with E-state index < -0.39 is 27.4 Å². The summed E-state index contributed by atoms with van der Waals surface area (Å²) >= 11 is 0. The average Bonchev–Trinajstić information content (AvgIpc) is 2.83. The Morgan fingerprint density at radius 1 is 1.32 bits per heavy atom. The smallest absolute Gasteiger partial charge is 0.324 e. The molecule has 1 aromatic carbocycles. The molecule has 1 amide bonds. The fraction of sp³-hybridized carbons (Fsp3) is 0.529. The number of ether oxygens (including phenoxy) is 1. The lowest BCUT2D eigenvalue weighted by Crippen LogP contribution is -2.48. The number of carbonyl (C=O) groups excluding carboxylic acids is 2. The van der Waals surface area contributed by atoms with E-state index in [1.54, 1.807) is 19.9 Å². The van der Waals surface area contributed by atoms with Crippen LogP contribution in [0.25, 0.3) is 0 Å². The molecule has 1 atom stereocenters. The van der Waals surface area contributed by atoms with Crippen LogP contribution in [0.4, 0.5) is 5.69 Å². The van der Waals surface area contributed by atoms with Gasteiger partial charge in [0, 0.05) is 12.2 Å². The summed E-state index contributed by atoms with van der Waals surface area (Å²) < 4.78 is 32.2. The van der Waals surface area contributed by atoms with Gasteiger partial charge in [0.05, 0.1) is 17.4 Å². The monoisotopic (exact) mass is 366 g/mol. The Balaban J connectivity index is 2.02. The van der Waals surface area contributed by atoms with Crippen LogP contribution in [0.5, 0.6) is 0 Å². The fourth-order valence-corrected chi connectivity index (χ4v) is 5.08. The summed E-state index contributed by atoms with van der Waals surface area (Å²) in [5, 5.41) is 2.76. The molecule has 0 bridgehead atoms. The summed E-state index contributed by atoms with van der Waals surface area (Å²) in [5.41, 5.74) is 0.465. The first kappa shape index (κ1) is 17.9. The Labute approximate surface area is 147 Å². The van der Waals surface area contributed by atoms with Gasteiger partial charge in [-0.25, -0.2) is 8.42 Å². The summed E-state index contributed by atoms with van der Waals surface area (Å²) in [6.07, 6.45) is 1.92. The number of hydrogen-bond acceptors (Lipinski definition) is 5. The number of sulfonamides is 1. The molecule has 2 heterocycles. The molecule has 7 nitrogen and oxygen atoms in total. The molecule has 0 radical (unpaired) electrons. The van der Waals surface area contributed by atoms with Crippen LogP contribution in [-0.2, 0) is 29.8 Å². The number of amides is 1. The Hall–Kier alpha value is -1.93. The van der Waals surface area contributed by atoms with Crippen molar-refractivity contribution < 1.29 is 22.7 Å². The highest BCUT2D eigenvalue weighted by molar-refractivity contribution is 7.89. The molecular formula is C17H22N2O5S. The molecule has 1 N–H and O–H groups in total. The summed E-state index contributed by atoms with van der Waals surface area (Å²) in [6.45, 7) is 3.78. The number of rotatable bonds is 3. The van der Waals surface area contributed by atoms with Crippen molar-refractivity contribution in [1.82, 2.24) is 4.31 Å². The molecule has 2 aliphatic rings. The summed E-state index contributed by atoms with van der Waals surface area (Å²) in [4.78, 5) is 24.2. The second-order valence-corrected chi connectivity index (χ2v) is 8.83.